The maximum absolute atomic E-state index is 12.9. The number of fused-ring (bicyclic) bond motifs is 1. The Morgan fingerprint density at radius 1 is 1.16 bits per heavy atom. The van der Waals surface area contributed by atoms with E-state index in [-0.39, 0.29) is 31.1 Å². The molecule has 31 heavy (non-hydrogen) atoms. The number of aromatic nitrogens is 3. The maximum Gasteiger partial charge on any atom is 0.326 e. The zero-order chi connectivity index (χ0) is 21.8. The number of esters is 1. The molecule has 0 fully saturated rings. The molecular weight excluding hydrogens is 421 g/mol. The first-order valence-corrected chi connectivity index (χ1v) is 10.3. The Morgan fingerprint density at radius 3 is 2.77 bits per heavy atom. The maximum atomic E-state index is 12.9. The van der Waals surface area contributed by atoms with Crippen molar-refractivity contribution in [3.63, 3.8) is 0 Å². The average molecular weight is 439 g/mol. The number of hydrogen-bond acceptors (Lipinski definition) is 7. The standard InChI is InChI=1S/C22H18FN3O4S/c1-14-3-2-4-18-21(14)24-13-26(22(18)28)9-20(27)30-10-16-12-31-19(25-16)11-29-17-7-5-15(23)6-8-17/h2-8,12-13H,9-11H2,1H3. The number of carbonyl (C=O) groups is 1. The second-order valence-corrected chi connectivity index (χ2v) is 7.73. The third-order valence-electron chi connectivity index (χ3n) is 4.51. The van der Waals surface area contributed by atoms with Crippen molar-refractivity contribution in [3.8, 4) is 5.75 Å². The van der Waals surface area contributed by atoms with Gasteiger partial charge in [-0.2, -0.15) is 0 Å². The predicted octanol–water partition coefficient (Wildman–Crippen LogP) is 3.62. The van der Waals surface area contributed by atoms with E-state index in [9.17, 15) is 14.0 Å². The van der Waals surface area contributed by atoms with Gasteiger partial charge in [-0.05, 0) is 42.8 Å². The van der Waals surface area contributed by atoms with Crippen LogP contribution in [0.25, 0.3) is 10.9 Å². The Labute approximate surface area is 180 Å². The number of ether oxygens (including phenoxy) is 2. The zero-order valence-electron chi connectivity index (χ0n) is 16.6. The molecular formula is C22H18FN3O4S. The van der Waals surface area contributed by atoms with E-state index >= 15 is 0 Å². The first-order chi connectivity index (χ1) is 15.0. The highest BCUT2D eigenvalue weighted by Gasteiger charge is 2.11. The normalized spacial score (nSPS) is 10.9. The van der Waals surface area contributed by atoms with Crippen LogP contribution in [0.3, 0.4) is 0 Å². The molecule has 0 bridgehead atoms. The van der Waals surface area contributed by atoms with Gasteiger partial charge in [-0.1, -0.05) is 12.1 Å². The molecule has 0 aliphatic heterocycles. The molecule has 0 saturated heterocycles. The Kier molecular flexibility index (Phi) is 6.03. The van der Waals surface area contributed by atoms with Gasteiger partial charge in [0.25, 0.3) is 5.56 Å². The number of halogens is 1. The largest absolute Gasteiger partial charge is 0.486 e. The van der Waals surface area contributed by atoms with E-state index in [2.05, 4.69) is 9.97 Å². The summed E-state index contributed by atoms with van der Waals surface area (Å²) in [6.45, 7) is 1.85. The average Bonchev–Trinajstić information content (AvgIpc) is 3.22. The molecule has 0 N–H and O–H groups in total. The fraction of sp³-hybridized carbons (Fsp3) is 0.182. The van der Waals surface area contributed by atoms with Crippen LogP contribution in [0.2, 0.25) is 0 Å². The van der Waals surface area contributed by atoms with Crippen LogP contribution in [0.5, 0.6) is 5.75 Å². The lowest BCUT2D eigenvalue weighted by atomic mass is 10.1. The van der Waals surface area contributed by atoms with Crippen LogP contribution in [-0.2, 0) is 29.3 Å². The van der Waals surface area contributed by atoms with Crippen LogP contribution in [0.1, 0.15) is 16.3 Å². The lowest BCUT2D eigenvalue weighted by Crippen LogP contribution is -2.25. The van der Waals surface area contributed by atoms with Crippen LogP contribution >= 0.6 is 11.3 Å². The fourth-order valence-corrected chi connectivity index (χ4v) is 3.64. The third-order valence-corrected chi connectivity index (χ3v) is 5.38. The lowest BCUT2D eigenvalue weighted by molar-refractivity contribution is -0.145. The molecule has 158 valence electrons. The van der Waals surface area contributed by atoms with Crippen molar-refractivity contribution in [2.75, 3.05) is 0 Å². The van der Waals surface area contributed by atoms with Crippen molar-refractivity contribution in [1.29, 1.82) is 0 Å². The summed E-state index contributed by atoms with van der Waals surface area (Å²) in [6.07, 6.45) is 1.35. The Morgan fingerprint density at radius 2 is 1.97 bits per heavy atom. The molecule has 0 aliphatic rings. The van der Waals surface area contributed by atoms with E-state index in [0.717, 1.165) is 5.56 Å². The first-order valence-electron chi connectivity index (χ1n) is 9.41. The number of thiazole rings is 1. The minimum Gasteiger partial charge on any atom is -0.486 e. The van der Waals surface area contributed by atoms with Crippen molar-refractivity contribution in [3.05, 3.63) is 86.6 Å². The van der Waals surface area contributed by atoms with Crippen molar-refractivity contribution in [2.24, 2.45) is 0 Å². The SMILES string of the molecule is Cc1cccc2c(=O)n(CC(=O)OCc3csc(COc4ccc(F)cc4)n3)cnc12. The van der Waals surface area contributed by atoms with E-state index < -0.39 is 5.97 Å². The van der Waals surface area contributed by atoms with E-state index in [1.165, 1.54) is 46.5 Å². The number of hydrogen-bond donors (Lipinski definition) is 0. The highest BCUT2D eigenvalue weighted by molar-refractivity contribution is 7.09. The van der Waals surface area contributed by atoms with E-state index in [1.807, 2.05) is 13.0 Å². The van der Waals surface area contributed by atoms with Crippen molar-refractivity contribution in [2.45, 2.75) is 26.7 Å². The van der Waals surface area contributed by atoms with Crippen LogP contribution in [0.15, 0.2) is 59.0 Å². The highest BCUT2D eigenvalue weighted by atomic mass is 32.1. The summed E-state index contributed by atoms with van der Waals surface area (Å²) in [4.78, 5) is 33.4. The van der Waals surface area contributed by atoms with Crippen LogP contribution in [-0.4, -0.2) is 20.5 Å². The number of rotatable bonds is 7. The fourth-order valence-electron chi connectivity index (χ4n) is 2.95. The third kappa shape index (κ3) is 4.95. The van der Waals surface area contributed by atoms with Gasteiger partial charge >= 0.3 is 5.97 Å². The number of carbonyl (C=O) groups excluding carboxylic acids is 1. The number of aryl methyl sites for hydroxylation is 1. The molecule has 0 spiro atoms. The van der Waals surface area contributed by atoms with E-state index in [0.29, 0.717) is 27.4 Å². The van der Waals surface area contributed by atoms with Crippen molar-refractivity contribution in [1.82, 2.24) is 14.5 Å². The summed E-state index contributed by atoms with van der Waals surface area (Å²) < 4.78 is 24.9. The van der Waals surface area contributed by atoms with Gasteiger partial charge in [-0.25, -0.2) is 14.4 Å². The van der Waals surface area contributed by atoms with Gasteiger partial charge in [0.05, 0.1) is 22.9 Å². The summed E-state index contributed by atoms with van der Waals surface area (Å²) in [6, 6.07) is 11.1. The predicted molar refractivity (Wildman–Crippen MR) is 113 cm³/mol. The highest BCUT2D eigenvalue weighted by Crippen LogP contribution is 2.16. The molecule has 0 atom stereocenters. The molecule has 2 heterocycles. The summed E-state index contributed by atoms with van der Waals surface area (Å²) in [5.41, 5.74) is 1.80. The molecule has 0 unspecified atom stereocenters. The van der Waals surface area contributed by atoms with Crippen LogP contribution in [0.4, 0.5) is 4.39 Å². The quantitative estimate of drug-likeness (QED) is 0.409. The molecule has 7 nitrogen and oxygen atoms in total. The summed E-state index contributed by atoms with van der Waals surface area (Å²) >= 11 is 1.37. The van der Waals surface area contributed by atoms with Gasteiger partial charge in [-0.3, -0.25) is 14.2 Å². The zero-order valence-corrected chi connectivity index (χ0v) is 17.4. The summed E-state index contributed by atoms with van der Waals surface area (Å²) in [7, 11) is 0. The molecule has 9 heteroatoms. The topological polar surface area (TPSA) is 83.3 Å². The van der Waals surface area contributed by atoms with Gasteiger partial charge in [0.15, 0.2) is 0 Å². The molecule has 0 amide bonds. The van der Waals surface area contributed by atoms with E-state index in [4.69, 9.17) is 9.47 Å². The summed E-state index contributed by atoms with van der Waals surface area (Å²) in [5, 5.41) is 2.92. The van der Waals surface area contributed by atoms with Crippen molar-refractivity contribution >= 4 is 28.2 Å². The van der Waals surface area contributed by atoms with Gasteiger partial charge in [0, 0.05) is 5.38 Å². The smallest absolute Gasteiger partial charge is 0.326 e. The Bertz CT molecular complexity index is 1280. The number of nitrogens with zero attached hydrogens (tertiary/aromatic N) is 3. The minimum absolute atomic E-state index is 0.0131. The molecule has 2 aromatic carbocycles. The molecule has 0 saturated carbocycles. The second kappa shape index (κ2) is 9.05. The molecule has 4 aromatic rings. The summed E-state index contributed by atoms with van der Waals surface area (Å²) in [5.74, 6) is -0.357. The number of benzene rings is 2. The Hall–Kier alpha value is -3.59. The van der Waals surface area contributed by atoms with E-state index in [1.54, 1.807) is 17.5 Å². The number of para-hydroxylation sites is 1. The molecule has 4 rings (SSSR count). The molecule has 0 aliphatic carbocycles. The minimum atomic E-state index is -0.562. The van der Waals surface area contributed by atoms with Crippen molar-refractivity contribution < 1.29 is 18.7 Å². The van der Waals surface area contributed by atoms with Gasteiger partial charge in [-0.15, -0.1) is 11.3 Å². The Balaban J connectivity index is 1.32. The van der Waals surface area contributed by atoms with Gasteiger partial charge in [0.1, 0.15) is 36.3 Å². The molecule has 2 aromatic heterocycles. The van der Waals surface area contributed by atoms with Gasteiger partial charge < -0.3 is 9.47 Å². The van der Waals surface area contributed by atoms with Crippen LogP contribution < -0.4 is 10.3 Å². The lowest BCUT2D eigenvalue weighted by Gasteiger charge is -2.07. The first kappa shape index (κ1) is 20.7. The van der Waals surface area contributed by atoms with Crippen LogP contribution in [0, 0.1) is 12.7 Å². The molecule has 0 radical (unpaired) electrons. The monoisotopic (exact) mass is 439 g/mol. The van der Waals surface area contributed by atoms with Gasteiger partial charge in [0.2, 0.25) is 0 Å². The second-order valence-electron chi connectivity index (χ2n) is 6.78.